The van der Waals surface area contributed by atoms with Gasteiger partial charge in [0.2, 0.25) is 10.0 Å². The molecule has 0 atom stereocenters. The summed E-state index contributed by atoms with van der Waals surface area (Å²) in [6.07, 6.45) is 1.14. The highest BCUT2D eigenvalue weighted by molar-refractivity contribution is 14.0. The van der Waals surface area contributed by atoms with Gasteiger partial charge in [-0.15, -0.1) is 24.0 Å². The SMILES string of the molecule is CCNC(=NCC(C)(C)NS(C)(=O)=O)N(C)CCOc1cccc(Cl)c1.I. The summed E-state index contributed by atoms with van der Waals surface area (Å²) in [6, 6.07) is 7.25. The van der Waals surface area contributed by atoms with Crippen molar-refractivity contribution in [3.63, 3.8) is 0 Å². The summed E-state index contributed by atoms with van der Waals surface area (Å²) >= 11 is 5.94. The molecular formula is C17H30ClIN4O3S. The number of nitrogens with one attached hydrogen (secondary N) is 2. The molecule has 7 nitrogen and oxygen atoms in total. The molecule has 0 aromatic heterocycles. The standard InChI is InChI=1S/C17H29ClN4O3S.HI/c1-6-19-16(20-13-17(2,3)21-26(5,23)24)22(4)10-11-25-15-9-7-8-14(18)12-15;/h7-9,12,21H,6,10-11,13H2,1-5H3,(H,19,20);1H. The summed E-state index contributed by atoms with van der Waals surface area (Å²) in [5, 5.41) is 3.83. The molecule has 0 saturated carbocycles. The molecule has 1 aromatic rings. The highest BCUT2D eigenvalue weighted by Crippen LogP contribution is 2.16. The van der Waals surface area contributed by atoms with Crippen molar-refractivity contribution >= 4 is 51.6 Å². The van der Waals surface area contributed by atoms with Crippen molar-refractivity contribution in [1.82, 2.24) is 14.9 Å². The van der Waals surface area contributed by atoms with Crippen LogP contribution in [0.5, 0.6) is 5.75 Å². The van der Waals surface area contributed by atoms with Crippen molar-refractivity contribution in [3.8, 4) is 5.75 Å². The molecule has 0 fully saturated rings. The predicted octanol–water partition coefficient (Wildman–Crippen LogP) is 2.56. The second-order valence-electron chi connectivity index (χ2n) is 6.66. The number of rotatable bonds is 9. The molecule has 0 amide bonds. The highest BCUT2D eigenvalue weighted by atomic mass is 127. The van der Waals surface area contributed by atoms with Gasteiger partial charge in [0, 0.05) is 24.2 Å². The first-order chi connectivity index (χ1) is 12.0. The van der Waals surface area contributed by atoms with Gasteiger partial charge in [-0.05, 0) is 39.0 Å². The zero-order valence-electron chi connectivity index (χ0n) is 16.5. The fourth-order valence-electron chi connectivity index (χ4n) is 2.24. The van der Waals surface area contributed by atoms with E-state index in [0.29, 0.717) is 43.0 Å². The number of guanidine groups is 1. The Bertz CT molecular complexity index is 714. The molecule has 0 aliphatic heterocycles. The van der Waals surface area contributed by atoms with Crippen LogP contribution >= 0.6 is 35.6 Å². The number of hydrogen-bond acceptors (Lipinski definition) is 4. The lowest BCUT2D eigenvalue weighted by Crippen LogP contribution is -2.47. The minimum atomic E-state index is -3.29. The van der Waals surface area contributed by atoms with E-state index in [1.54, 1.807) is 26.0 Å². The lowest BCUT2D eigenvalue weighted by atomic mass is 10.1. The molecular weight excluding hydrogens is 503 g/mol. The molecule has 1 aromatic carbocycles. The quantitative estimate of drug-likeness (QED) is 0.290. The van der Waals surface area contributed by atoms with Crippen molar-refractivity contribution in [2.24, 2.45) is 4.99 Å². The number of benzene rings is 1. The van der Waals surface area contributed by atoms with Crippen LogP contribution < -0.4 is 14.8 Å². The van der Waals surface area contributed by atoms with Crippen molar-refractivity contribution in [2.45, 2.75) is 26.3 Å². The van der Waals surface area contributed by atoms with Crippen LogP contribution in [0, 0.1) is 0 Å². The van der Waals surface area contributed by atoms with Gasteiger partial charge in [0.25, 0.3) is 0 Å². The van der Waals surface area contributed by atoms with Crippen LogP contribution in [0.3, 0.4) is 0 Å². The number of aliphatic imine (C=N–C) groups is 1. The fourth-order valence-corrected chi connectivity index (χ4v) is 3.49. The third-order valence-electron chi connectivity index (χ3n) is 3.27. The Hall–Kier alpha value is -0.780. The molecule has 10 heteroatoms. The lowest BCUT2D eigenvalue weighted by molar-refractivity contribution is 0.281. The zero-order valence-corrected chi connectivity index (χ0v) is 20.4. The van der Waals surface area contributed by atoms with Gasteiger partial charge in [-0.3, -0.25) is 4.99 Å². The number of nitrogens with zero attached hydrogens (tertiary/aromatic N) is 2. The molecule has 0 aliphatic carbocycles. The maximum atomic E-state index is 11.4. The number of halogens is 2. The topological polar surface area (TPSA) is 83.0 Å². The largest absolute Gasteiger partial charge is 0.492 e. The van der Waals surface area contributed by atoms with E-state index < -0.39 is 15.6 Å². The third-order valence-corrected chi connectivity index (χ3v) is 4.43. The third kappa shape index (κ3) is 11.6. The minimum Gasteiger partial charge on any atom is -0.492 e. The van der Waals surface area contributed by atoms with Crippen LogP contribution in [0.15, 0.2) is 29.3 Å². The molecule has 0 radical (unpaired) electrons. The average Bonchev–Trinajstić information content (AvgIpc) is 2.49. The molecule has 156 valence electrons. The normalized spacial score (nSPS) is 12.3. The molecule has 0 spiro atoms. The van der Waals surface area contributed by atoms with Crippen molar-refractivity contribution < 1.29 is 13.2 Å². The number of hydrogen-bond donors (Lipinski definition) is 2. The van der Waals surface area contributed by atoms with Gasteiger partial charge in [0.15, 0.2) is 5.96 Å². The smallest absolute Gasteiger partial charge is 0.209 e. The molecule has 2 N–H and O–H groups in total. The van der Waals surface area contributed by atoms with E-state index in [2.05, 4.69) is 15.0 Å². The van der Waals surface area contributed by atoms with E-state index >= 15 is 0 Å². The van der Waals surface area contributed by atoms with Gasteiger partial charge >= 0.3 is 0 Å². The lowest BCUT2D eigenvalue weighted by Gasteiger charge is -2.26. The maximum Gasteiger partial charge on any atom is 0.209 e. The Morgan fingerprint density at radius 1 is 1.37 bits per heavy atom. The van der Waals surface area contributed by atoms with E-state index in [9.17, 15) is 8.42 Å². The number of likely N-dealkylation sites (N-methyl/N-ethyl adjacent to an activating group) is 1. The summed E-state index contributed by atoms with van der Waals surface area (Å²) in [6.45, 7) is 7.66. The van der Waals surface area contributed by atoms with Gasteiger partial charge in [-0.1, -0.05) is 17.7 Å². The first-order valence-corrected chi connectivity index (χ1v) is 10.7. The van der Waals surface area contributed by atoms with E-state index in [-0.39, 0.29) is 24.0 Å². The van der Waals surface area contributed by atoms with Crippen LogP contribution in [0.4, 0.5) is 0 Å². The monoisotopic (exact) mass is 532 g/mol. The van der Waals surface area contributed by atoms with Crippen LogP contribution in [0.25, 0.3) is 0 Å². The molecule has 0 heterocycles. The second-order valence-corrected chi connectivity index (χ2v) is 8.84. The summed E-state index contributed by atoms with van der Waals surface area (Å²) in [5.74, 6) is 1.40. The number of sulfonamides is 1. The molecule has 0 bridgehead atoms. The van der Waals surface area contributed by atoms with Gasteiger partial charge in [0.05, 0.1) is 19.3 Å². The van der Waals surface area contributed by atoms with Gasteiger partial charge in [-0.2, -0.15) is 0 Å². The van der Waals surface area contributed by atoms with Gasteiger partial charge in [-0.25, -0.2) is 13.1 Å². The Morgan fingerprint density at radius 2 is 2.04 bits per heavy atom. The summed E-state index contributed by atoms with van der Waals surface area (Å²) in [7, 11) is -1.39. The summed E-state index contributed by atoms with van der Waals surface area (Å²) in [4.78, 5) is 6.47. The Kier molecular flexibility index (Phi) is 11.6. The Balaban J connectivity index is 0.00000676. The predicted molar refractivity (Wildman–Crippen MR) is 123 cm³/mol. The zero-order chi connectivity index (χ0) is 19.8. The molecule has 27 heavy (non-hydrogen) atoms. The van der Waals surface area contributed by atoms with Crippen molar-refractivity contribution in [2.75, 3.05) is 39.5 Å². The Morgan fingerprint density at radius 3 is 2.59 bits per heavy atom. The van der Waals surface area contributed by atoms with Crippen LogP contribution in [0.1, 0.15) is 20.8 Å². The maximum absolute atomic E-state index is 11.4. The van der Waals surface area contributed by atoms with Crippen LogP contribution in [0.2, 0.25) is 5.02 Å². The van der Waals surface area contributed by atoms with Gasteiger partial charge in [0.1, 0.15) is 12.4 Å². The second kappa shape index (κ2) is 11.9. The average molecular weight is 533 g/mol. The minimum absolute atomic E-state index is 0. The van der Waals surface area contributed by atoms with E-state index in [1.807, 2.05) is 31.0 Å². The van der Waals surface area contributed by atoms with E-state index in [4.69, 9.17) is 16.3 Å². The number of ether oxygens (including phenoxy) is 1. The molecule has 1 rings (SSSR count). The Labute approximate surface area is 185 Å². The van der Waals surface area contributed by atoms with E-state index in [1.165, 1.54) is 0 Å². The van der Waals surface area contributed by atoms with Crippen LogP contribution in [-0.2, 0) is 10.0 Å². The first kappa shape index (κ1) is 26.2. The van der Waals surface area contributed by atoms with Gasteiger partial charge < -0.3 is 15.0 Å². The summed E-state index contributed by atoms with van der Waals surface area (Å²) in [5.41, 5.74) is -0.674. The van der Waals surface area contributed by atoms with Crippen LogP contribution in [-0.4, -0.2) is 64.4 Å². The first-order valence-electron chi connectivity index (χ1n) is 8.39. The summed E-state index contributed by atoms with van der Waals surface area (Å²) < 4.78 is 31.2. The fraction of sp³-hybridized carbons (Fsp3) is 0.588. The molecule has 0 saturated heterocycles. The molecule has 0 aliphatic rings. The molecule has 0 unspecified atom stereocenters. The highest BCUT2D eigenvalue weighted by Gasteiger charge is 2.22. The van der Waals surface area contributed by atoms with Crippen molar-refractivity contribution in [1.29, 1.82) is 0 Å². The van der Waals surface area contributed by atoms with E-state index in [0.717, 1.165) is 6.26 Å². The van der Waals surface area contributed by atoms with Crippen molar-refractivity contribution in [3.05, 3.63) is 29.3 Å².